The van der Waals surface area contributed by atoms with E-state index in [9.17, 15) is 13.2 Å². The van der Waals surface area contributed by atoms with Gasteiger partial charge in [-0.2, -0.15) is 0 Å². The van der Waals surface area contributed by atoms with E-state index in [0.717, 1.165) is 15.3 Å². The molecule has 24 heavy (non-hydrogen) atoms. The molecule has 0 aromatic heterocycles. The van der Waals surface area contributed by atoms with Gasteiger partial charge in [-0.1, -0.05) is 27.7 Å². The molecule has 1 aromatic carbocycles. The van der Waals surface area contributed by atoms with Gasteiger partial charge in [0.1, 0.15) is 0 Å². The van der Waals surface area contributed by atoms with E-state index in [-0.39, 0.29) is 35.2 Å². The van der Waals surface area contributed by atoms with Crippen LogP contribution in [-0.2, 0) is 14.6 Å². The minimum Gasteiger partial charge on any atom is -0.348 e. The molecular weight excluding hydrogens is 414 g/mol. The largest absolute Gasteiger partial charge is 0.348 e. The molecule has 0 bridgehead atoms. The second-order valence-electron chi connectivity index (χ2n) is 6.05. The fraction of sp³-hybridized carbons (Fsp3) is 0.467. The number of aliphatic imine (C=N–C) groups is 1. The third kappa shape index (κ3) is 3.62. The number of thioether (sulfide) groups is 1. The number of hydrogen-bond acceptors (Lipinski definition) is 6. The lowest BCUT2D eigenvalue weighted by Crippen LogP contribution is -2.39. The van der Waals surface area contributed by atoms with Crippen molar-refractivity contribution in [1.29, 1.82) is 0 Å². The Hall–Kier alpha value is -1.06. The van der Waals surface area contributed by atoms with Crippen molar-refractivity contribution >= 4 is 54.3 Å². The first-order valence-corrected chi connectivity index (χ1v) is 11.0. The van der Waals surface area contributed by atoms with Crippen LogP contribution in [0.2, 0.25) is 0 Å². The zero-order valence-corrected chi connectivity index (χ0v) is 16.6. The monoisotopic (exact) mass is 431 g/mol. The predicted molar refractivity (Wildman–Crippen MR) is 101 cm³/mol. The van der Waals surface area contributed by atoms with Crippen molar-refractivity contribution < 1.29 is 13.2 Å². The third-order valence-electron chi connectivity index (χ3n) is 4.04. The lowest BCUT2D eigenvalue weighted by Gasteiger charge is -2.26. The first-order valence-electron chi connectivity index (χ1n) is 7.43. The average molecular weight is 432 g/mol. The van der Waals surface area contributed by atoms with Gasteiger partial charge in [-0.3, -0.25) is 9.79 Å². The van der Waals surface area contributed by atoms with Crippen LogP contribution in [0.25, 0.3) is 0 Å². The van der Waals surface area contributed by atoms with E-state index >= 15 is 0 Å². The van der Waals surface area contributed by atoms with Gasteiger partial charge in [-0.05, 0) is 24.3 Å². The van der Waals surface area contributed by atoms with E-state index in [2.05, 4.69) is 20.9 Å². The first-order chi connectivity index (χ1) is 11.3. The van der Waals surface area contributed by atoms with Crippen molar-refractivity contribution in [2.24, 2.45) is 4.99 Å². The Morgan fingerprint density at radius 3 is 2.62 bits per heavy atom. The van der Waals surface area contributed by atoms with Crippen LogP contribution in [-0.4, -0.2) is 67.8 Å². The van der Waals surface area contributed by atoms with E-state index in [1.54, 1.807) is 14.1 Å². The number of anilines is 1. The molecule has 2 aliphatic rings. The number of fused-ring (bicyclic) bond motifs is 1. The van der Waals surface area contributed by atoms with Crippen molar-refractivity contribution in [3.63, 3.8) is 0 Å². The molecule has 0 unspecified atom stereocenters. The summed E-state index contributed by atoms with van der Waals surface area (Å²) < 4.78 is 24.9. The topological polar surface area (TPSA) is 70.0 Å². The molecule has 0 saturated carbocycles. The van der Waals surface area contributed by atoms with Crippen LogP contribution < -0.4 is 4.90 Å². The number of rotatable bonds is 3. The molecule has 130 valence electrons. The van der Waals surface area contributed by atoms with Gasteiger partial charge in [0.25, 0.3) is 0 Å². The van der Waals surface area contributed by atoms with Crippen LogP contribution in [0.15, 0.2) is 33.7 Å². The zero-order valence-electron chi connectivity index (χ0n) is 13.3. The molecule has 9 heteroatoms. The van der Waals surface area contributed by atoms with Crippen LogP contribution in [0.5, 0.6) is 0 Å². The Bertz CT molecular complexity index is 778. The Kier molecular flexibility index (Phi) is 4.94. The Morgan fingerprint density at radius 2 is 2.00 bits per heavy atom. The normalized spacial score (nSPS) is 24.6. The third-order valence-corrected chi connectivity index (χ3v) is 7.21. The van der Waals surface area contributed by atoms with Gasteiger partial charge in [-0.25, -0.2) is 8.42 Å². The average Bonchev–Trinajstić information content (AvgIpc) is 2.97. The Balaban J connectivity index is 1.87. The van der Waals surface area contributed by atoms with Crippen molar-refractivity contribution in [2.45, 2.75) is 12.1 Å². The van der Waals surface area contributed by atoms with Gasteiger partial charge < -0.3 is 9.80 Å². The molecule has 1 fully saturated rings. The van der Waals surface area contributed by atoms with Crippen LogP contribution in [0, 0.1) is 0 Å². The molecule has 2 heterocycles. The minimum absolute atomic E-state index is 0.00290. The fourth-order valence-electron chi connectivity index (χ4n) is 2.79. The molecule has 3 rings (SSSR count). The number of carbonyl (C=O) groups excluding carboxylic acids is 1. The zero-order chi connectivity index (χ0) is 17.5. The van der Waals surface area contributed by atoms with Gasteiger partial charge in [0.2, 0.25) is 5.91 Å². The van der Waals surface area contributed by atoms with E-state index in [0.29, 0.717) is 0 Å². The number of nitrogens with zero attached hydrogens (tertiary/aromatic N) is 3. The summed E-state index contributed by atoms with van der Waals surface area (Å²) in [6, 6.07) is 7.25. The smallest absolute Gasteiger partial charge is 0.232 e. The van der Waals surface area contributed by atoms with Crippen molar-refractivity contribution in [2.75, 3.05) is 36.3 Å². The van der Waals surface area contributed by atoms with E-state index in [1.807, 2.05) is 29.2 Å². The fourth-order valence-corrected chi connectivity index (χ4v) is 6.00. The summed E-state index contributed by atoms with van der Waals surface area (Å²) in [6.07, 6.45) is 0. The lowest BCUT2D eigenvalue weighted by molar-refractivity contribution is -0.125. The number of carbonyl (C=O) groups is 1. The molecule has 6 nitrogen and oxygen atoms in total. The maximum Gasteiger partial charge on any atom is 0.232 e. The summed E-state index contributed by atoms with van der Waals surface area (Å²) in [4.78, 5) is 20.0. The second kappa shape index (κ2) is 6.68. The highest BCUT2D eigenvalue weighted by molar-refractivity contribution is 9.10. The highest BCUT2D eigenvalue weighted by Crippen LogP contribution is 2.35. The maximum absolute atomic E-state index is 12.0. The molecule has 0 N–H and O–H groups in total. The molecular formula is C15H18BrN3O3S2. The predicted octanol–water partition coefficient (Wildman–Crippen LogP) is 1.61. The standard InChI is InChI=1S/C15H18BrN3O3S2/c1-18(2)14(20)7-23-15-17-12-8-24(21,22)9-13(12)19(15)11-5-3-10(16)4-6-11/h3-6,12-13H,7-9H2,1-2H3/t12-,13+/m0/s1. The summed E-state index contributed by atoms with van der Waals surface area (Å²) in [5.41, 5.74) is 0.895. The van der Waals surface area contributed by atoms with E-state index in [1.165, 1.54) is 16.7 Å². The summed E-state index contributed by atoms with van der Waals surface area (Å²) in [7, 11) is 0.366. The molecule has 1 aromatic rings. The number of hydrogen-bond donors (Lipinski definition) is 0. The number of amidine groups is 1. The van der Waals surface area contributed by atoms with Gasteiger partial charge in [0, 0.05) is 24.3 Å². The Labute approximate surface area is 154 Å². The quantitative estimate of drug-likeness (QED) is 0.726. The first kappa shape index (κ1) is 17.8. The molecule has 2 aliphatic heterocycles. The van der Waals surface area contributed by atoms with Crippen LogP contribution >= 0.6 is 27.7 Å². The van der Waals surface area contributed by atoms with Gasteiger partial charge in [0.15, 0.2) is 15.0 Å². The number of sulfone groups is 1. The van der Waals surface area contributed by atoms with Crippen molar-refractivity contribution in [3.8, 4) is 0 Å². The number of halogens is 1. The summed E-state index contributed by atoms with van der Waals surface area (Å²) in [5, 5.41) is 0.720. The highest BCUT2D eigenvalue weighted by atomic mass is 79.9. The molecule has 0 radical (unpaired) electrons. The van der Waals surface area contributed by atoms with Crippen LogP contribution in [0.1, 0.15) is 0 Å². The van der Waals surface area contributed by atoms with Gasteiger partial charge >= 0.3 is 0 Å². The molecule has 0 spiro atoms. The maximum atomic E-state index is 12.0. The number of benzene rings is 1. The minimum atomic E-state index is -3.07. The highest BCUT2D eigenvalue weighted by Gasteiger charge is 2.47. The SMILES string of the molecule is CN(C)C(=O)CSC1=N[C@H]2CS(=O)(=O)C[C@H]2N1c1ccc(Br)cc1. The van der Waals surface area contributed by atoms with Gasteiger partial charge in [0.05, 0.1) is 29.3 Å². The molecule has 2 atom stereocenters. The Morgan fingerprint density at radius 1 is 1.33 bits per heavy atom. The molecule has 1 amide bonds. The van der Waals surface area contributed by atoms with Crippen molar-refractivity contribution in [1.82, 2.24) is 4.90 Å². The van der Waals surface area contributed by atoms with Gasteiger partial charge in [-0.15, -0.1) is 0 Å². The second-order valence-corrected chi connectivity index (χ2v) is 10.1. The van der Waals surface area contributed by atoms with E-state index in [4.69, 9.17) is 0 Å². The van der Waals surface area contributed by atoms with Crippen LogP contribution in [0.3, 0.4) is 0 Å². The number of amides is 1. The van der Waals surface area contributed by atoms with E-state index < -0.39 is 9.84 Å². The summed E-state index contributed by atoms with van der Waals surface area (Å²) in [6.45, 7) is 0. The van der Waals surface area contributed by atoms with Crippen molar-refractivity contribution in [3.05, 3.63) is 28.7 Å². The molecule has 1 saturated heterocycles. The summed E-state index contributed by atoms with van der Waals surface area (Å²) in [5.74, 6) is 0.466. The molecule has 0 aliphatic carbocycles. The lowest BCUT2D eigenvalue weighted by atomic mass is 10.1. The summed E-state index contributed by atoms with van der Waals surface area (Å²) >= 11 is 4.77. The van der Waals surface area contributed by atoms with Crippen LogP contribution in [0.4, 0.5) is 5.69 Å².